The van der Waals surface area contributed by atoms with Gasteiger partial charge in [0.2, 0.25) is 0 Å². The molecule has 3 rings (SSSR count). The SMILES string of the molecule is C=C(CCCOc1ccc(Br)cc1F)C(=O)N1N=CCC1c1cc(F)cc(F)c1. The van der Waals surface area contributed by atoms with Crippen LogP contribution in [0.15, 0.2) is 58.1 Å². The molecule has 1 aliphatic rings. The third-order valence-corrected chi connectivity index (χ3v) is 4.88. The first-order valence-electron chi connectivity index (χ1n) is 8.93. The Kier molecular flexibility index (Phi) is 6.74. The number of nitrogens with zero attached hydrogens (tertiary/aromatic N) is 2. The summed E-state index contributed by atoms with van der Waals surface area (Å²) in [5.41, 5.74) is 0.612. The van der Waals surface area contributed by atoms with E-state index in [0.29, 0.717) is 29.3 Å². The molecule has 4 nitrogen and oxygen atoms in total. The number of carbonyl (C=O) groups excluding carboxylic acids is 1. The largest absolute Gasteiger partial charge is 0.491 e. The summed E-state index contributed by atoms with van der Waals surface area (Å²) in [4.78, 5) is 12.7. The third-order valence-electron chi connectivity index (χ3n) is 4.38. The van der Waals surface area contributed by atoms with E-state index in [1.807, 2.05) is 0 Å². The zero-order valence-electron chi connectivity index (χ0n) is 15.4. The summed E-state index contributed by atoms with van der Waals surface area (Å²) in [6, 6.07) is 7.05. The summed E-state index contributed by atoms with van der Waals surface area (Å²) in [5, 5.41) is 5.22. The van der Waals surface area contributed by atoms with E-state index in [1.54, 1.807) is 6.07 Å². The van der Waals surface area contributed by atoms with Gasteiger partial charge in [-0.1, -0.05) is 22.5 Å². The van der Waals surface area contributed by atoms with Crippen molar-refractivity contribution in [3.05, 3.63) is 76.0 Å². The second-order valence-corrected chi connectivity index (χ2v) is 7.45. The van der Waals surface area contributed by atoms with E-state index >= 15 is 0 Å². The molecule has 0 radical (unpaired) electrons. The van der Waals surface area contributed by atoms with Crippen LogP contribution in [0.4, 0.5) is 13.2 Å². The molecule has 0 N–H and O–H groups in total. The van der Waals surface area contributed by atoms with Crippen molar-refractivity contribution in [1.82, 2.24) is 5.01 Å². The van der Waals surface area contributed by atoms with Crippen molar-refractivity contribution in [3.8, 4) is 5.75 Å². The second kappa shape index (κ2) is 9.26. The van der Waals surface area contributed by atoms with Gasteiger partial charge in [0, 0.05) is 28.7 Å². The lowest BCUT2D eigenvalue weighted by atomic mass is 10.0. The monoisotopic (exact) mass is 466 g/mol. The van der Waals surface area contributed by atoms with Gasteiger partial charge < -0.3 is 4.74 Å². The van der Waals surface area contributed by atoms with Crippen molar-refractivity contribution < 1.29 is 22.7 Å². The first-order chi connectivity index (χ1) is 13.8. The molecule has 152 valence electrons. The Hall–Kier alpha value is -2.61. The van der Waals surface area contributed by atoms with Gasteiger partial charge in [0.25, 0.3) is 5.91 Å². The van der Waals surface area contributed by atoms with Crippen LogP contribution in [0, 0.1) is 17.5 Å². The van der Waals surface area contributed by atoms with Gasteiger partial charge >= 0.3 is 0 Å². The fraction of sp³-hybridized carbons (Fsp3) is 0.238. The summed E-state index contributed by atoms with van der Waals surface area (Å²) in [6.07, 6.45) is 2.63. The Bertz CT molecular complexity index is 945. The van der Waals surface area contributed by atoms with Gasteiger partial charge in [-0.15, -0.1) is 0 Å². The second-order valence-electron chi connectivity index (χ2n) is 6.53. The van der Waals surface area contributed by atoms with E-state index in [0.717, 1.165) is 6.07 Å². The molecule has 1 aliphatic heterocycles. The normalized spacial score (nSPS) is 15.6. The predicted molar refractivity (Wildman–Crippen MR) is 107 cm³/mol. The van der Waals surface area contributed by atoms with Crippen LogP contribution in [-0.4, -0.2) is 23.7 Å². The summed E-state index contributed by atoms with van der Waals surface area (Å²) in [7, 11) is 0. The average Bonchev–Trinajstić information content (AvgIpc) is 3.15. The van der Waals surface area contributed by atoms with Crippen molar-refractivity contribution in [2.75, 3.05) is 6.61 Å². The molecule has 0 aliphatic carbocycles. The zero-order chi connectivity index (χ0) is 21.0. The summed E-state index contributed by atoms with van der Waals surface area (Å²) in [6.45, 7) is 3.99. The Morgan fingerprint density at radius 3 is 2.62 bits per heavy atom. The topological polar surface area (TPSA) is 41.9 Å². The molecule has 0 saturated carbocycles. The Morgan fingerprint density at radius 2 is 1.93 bits per heavy atom. The number of benzene rings is 2. The number of amides is 1. The van der Waals surface area contributed by atoms with Gasteiger partial charge in [0.1, 0.15) is 11.6 Å². The van der Waals surface area contributed by atoms with Crippen LogP contribution in [0.2, 0.25) is 0 Å². The summed E-state index contributed by atoms with van der Waals surface area (Å²) < 4.78 is 46.8. The van der Waals surface area contributed by atoms with E-state index in [4.69, 9.17) is 4.74 Å². The van der Waals surface area contributed by atoms with Crippen LogP contribution in [0.25, 0.3) is 0 Å². The highest BCUT2D eigenvalue weighted by atomic mass is 79.9. The molecule has 0 spiro atoms. The van der Waals surface area contributed by atoms with Gasteiger partial charge in [0.15, 0.2) is 11.6 Å². The van der Waals surface area contributed by atoms with E-state index in [-0.39, 0.29) is 17.9 Å². The van der Waals surface area contributed by atoms with Crippen LogP contribution >= 0.6 is 15.9 Å². The Labute approximate surface area is 174 Å². The standard InChI is InChI=1S/C21H18BrF3N2O2/c1-13(3-2-8-29-20-5-4-15(22)11-18(20)25)21(28)27-19(6-7-26-27)14-9-16(23)12-17(24)10-14/h4-5,7,9-12,19H,1-3,6,8H2. The van der Waals surface area contributed by atoms with Crippen molar-refractivity contribution in [1.29, 1.82) is 0 Å². The van der Waals surface area contributed by atoms with Gasteiger partial charge in [-0.2, -0.15) is 5.10 Å². The molecule has 0 fully saturated rings. The summed E-state index contributed by atoms with van der Waals surface area (Å²) >= 11 is 3.17. The number of hydrogen-bond acceptors (Lipinski definition) is 3. The summed E-state index contributed by atoms with van der Waals surface area (Å²) in [5.74, 6) is -2.21. The van der Waals surface area contributed by atoms with Crippen molar-refractivity contribution in [2.24, 2.45) is 5.10 Å². The average molecular weight is 467 g/mol. The lowest BCUT2D eigenvalue weighted by Crippen LogP contribution is -2.28. The van der Waals surface area contributed by atoms with Crippen LogP contribution in [0.1, 0.15) is 30.9 Å². The van der Waals surface area contributed by atoms with Gasteiger partial charge in [-0.05, 0) is 48.7 Å². The number of ether oxygens (including phenoxy) is 1. The maximum Gasteiger partial charge on any atom is 0.269 e. The van der Waals surface area contributed by atoms with E-state index < -0.39 is 29.4 Å². The minimum absolute atomic E-state index is 0.127. The molecular weight excluding hydrogens is 449 g/mol. The number of hydrogen-bond donors (Lipinski definition) is 0. The van der Waals surface area contributed by atoms with E-state index in [1.165, 1.54) is 35.5 Å². The lowest BCUT2D eigenvalue weighted by Gasteiger charge is -2.23. The van der Waals surface area contributed by atoms with Crippen LogP contribution < -0.4 is 4.74 Å². The number of rotatable bonds is 7. The smallest absolute Gasteiger partial charge is 0.269 e. The minimum atomic E-state index is -0.713. The highest BCUT2D eigenvalue weighted by Gasteiger charge is 2.30. The van der Waals surface area contributed by atoms with Gasteiger partial charge in [0.05, 0.1) is 12.6 Å². The molecule has 1 amide bonds. The first-order valence-corrected chi connectivity index (χ1v) is 9.72. The fourth-order valence-corrected chi connectivity index (χ4v) is 3.32. The molecule has 0 saturated heterocycles. The third kappa shape index (κ3) is 5.26. The Morgan fingerprint density at radius 1 is 1.21 bits per heavy atom. The molecule has 1 unspecified atom stereocenters. The molecule has 0 bridgehead atoms. The number of halogens is 4. The highest BCUT2D eigenvalue weighted by molar-refractivity contribution is 9.10. The van der Waals surface area contributed by atoms with Gasteiger partial charge in [-0.3, -0.25) is 4.79 Å². The van der Waals surface area contributed by atoms with Gasteiger partial charge in [-0.25, -0.2) is 18.2 Å². The Balaban J connectivity index is 1.55. The molecule has 29 heavy (non-hydrogen) atoms. The maximum atomic E-state index is 13.7. The first kappa shape index (κ1) is 21.1. The van der Waals surface area contributed by atoms with E-state index in [2.05, 4.69) is 27.6 Å². The van der Waals surface area contributed by atoms with E-state index in [9.17, 15) is 18.0 Å². The molecule has 0 aromatic heterocycles. The predicted octanol–water partition coefficient (Wildman–Crippen LogP) is 5.54. The molecule has 1 heterocycles. The number of hydrazone groups is 1. The van der Waals surface area contributed by atoms with Crippen molar-refractivity contribution in [2.45, 2.75) is 25.3 Å². The van der Waals surface area contributed by atoms with Crippen LogP contribution in [0.3, 0.4) is 0 Å². The quantitative estimate of drug-likeness (QED) is 0.397. The van der Waals surface area contributed by atoms with Crippen LogP contribution in [-0.2, 0) is 4.79 Å². The molecular formula is C21H18BrF3N2O2. The van der Waals surface area contributed by atoms with Crippen LogP contribution in [0.5, 0.6) is 5.75 Å². The maximum absolute atomic E-state index is 13.7. The van der Waals surface area contributed by atoms with Crippen molar-refractivity contribution >= 4 is 28.1 Å². The molecule has 2 aromatic rings. The molecule has 2 aromatic carbocycles. The molecule has 8 heteroatoms. The van der Waals surface area contributed by atoms with Crippen molar-refractivity contribution in [3.63, 3.8) is 0 Å². The minimum Gasteiger partial charge on any atom is -0.491 e. The highest BCUT2D eigenvalue weighted by Crippen LogP contribution is 2.31. The lowest BCUT2D eigenvalue weighted by molar-refractivity contribution is -0.129. The molecule has 1 atom stereocenters. The zero-order valence-corrected chi connectivity index (χ0v) is 17.0. The number of carbonyl (C=O) groups is 1. The fourth-order valence-electron chi connectivity index (χ4n) is 2.98.